The highest BCUT2D eigenvalue weighted by Crippen LogP contribution is 2.11. The average Bonchev–Trinajstić information content (AvgIpc) is 2.67. The minimum absolute atomic E-state index is 0.0380. The van der Waals surface area contributed by atoms with E-state index in [1.165, 1.54) is 6.20 Å². The van der Waals surface area contributed by atoms with E-state index in [1.54, 1.807) is 6.07 Å². The maximum absolute atomic E-state index is 11.4. The summed E-state index contributed by atoms with van der Waals surface area (Å²) in [5, 5.41) is 17.9. The molecule has 1 aromatic heterocycles. The number of aliphatic hydroxyl groups excluding tert-OH is 1. The Labute approximate surface area is 82.5 Å². The van der Waals surface area contributed by atoms with Gasteiger partial charge in [-0.2, -0.15) is 5.10 Å². The van der Waals surface area contributed by atoms with Crippen LogP contribution < -0.4 is 5.32 Å². The van der Waals surface area contributed by atoms with Crippen molar-refractivity contribution in [2.75, 3.05) is 13.2 Å². The van der Waals surface area contributed by atoms with Crippen molar-refractivity contribution >= 4 is 5.91 Å². The second kappa shape index (κ2) is 4.23. The van der Waals surface area contributed by atoms with Crippen LogP contribution in [-0.4, -0.2) is 34.4 Å². The molecule has 0 spiro atoms. The van der Waals surface area contributed by atoms with Gasteiger partial charge in [0.05, 0.1) is 0 Å². The number of aliphatic hydroxyl groups is 1. The molecular formula is C9H15N3O2. The van der Waals surface area contributed by atoms with Gasteiger partial charge in [0.15, 0.2) is 0 Å². The SMILES string of the molecule is CC(C)(CO)CNC(=O)c1ccn[nH]1. The van der Waals surface area contributed by atoms with E-state index < -0.39 is 0 Å². The van der Waals surface area contributed by atoms with Crippen molar-refractivity contribution < 1.29 is 9.90 Å². The Bertz CT molecular complexity index is 293. The molecule has 5 heteroatoms. The van der Waals surface area contributed by atoms with Crippen LogP contribution in [0, 0.1) is 5.41 Å². The lowest BCUT2D eigenvalue weighted by atomic mass is 9.95. The molecule has 0 aromatic carbocycles. The van der Waals surface area contributed by atoms with Gasteiger partial charge in [0.2, 0.25) is 0 Å². The van der Waals surface area contributed by atoms with Gasteiger partial charge in [-0.05, 0) is 6.07 Å². The average molecular weight is 197 g/mol. The first kappa shape index (κ1) is 10.7. The third-order valence-corrected chi connectivity index (χ3v) is 1.90. The van der Waals surface area contributed by atoms with Crippen LogP contribution in [0.5, 0.6) is 0 Å². The summed E-state index contributed by atoms with van der Waals surface area (Å²) in [6, 6.07) is 1.60. The Morgan fingerprint density at radius 2 is 2.43 bits per heavy atom. The van der Waals surface area contributed by atoms with E-state index in [0.29, 0.717) is 12.2 Å². The number of carbonyl (C=O) groups excluding carboxylic acids is 1. The highest BCUT2D eigenvalue weighted by Gasteiger charge is 2.18. The molecule has 0 saturated heterocycles. The number of hydrogen-bond acceptors (Lipinski definition) is 3. The smallest absolute Gasteiger partial charge is 0.269 e. The van der Waals surface area contributed by atoms with Gasteiger partial charge in [-0.3, -0.25) is 9.89 Å². The van der Waals surface area contributed by atoms with Crippen LogP contribution >= 0.6 is 0 Å². The van der Waals surface area contributed by atoms with E-state index in [4.69, 9.17) is 5.11 Å². The molecule has 0 aliphatic rings. The maximum atomic E-state index is 11.4. The lowest BCUT2D eigenvalue weighted by Crippen LogP contribution is -2.36. The molecule has 1 rings (SSSR count). The summed E-state index contributed by atoms with van der Waals surface area (Å²) in [4.78, 5) is 11.4. The molecule has 0 aliphatic carbocycles. The number of nitrogens with zero attached hydrogens (tertiary/aromatic N) is 1. The van der Waals surface area contributed by atoms with Gasteiger partial charge >= 0.3 is 0 Å². The number of carbonyl (C=O) groups is 1. The molecule has 0 saturated carbocycles. The van der Waals surface area contributed by atoms with Crippen molar-refractivity contribution in [1.29, 1.82) is 0 Å². The predicted octanol–water partition coefficient (Wildman–Crippen LogP) is 0.158. The fraction of sp³-hybridized carbons (Fsp3) is 0.556. The Balaban J connectivity index is 2.43. The summed E-state index contributed by atoms with van der Waals surface area (Å²) in [6.07, 6.45) is 1.52. The second-order valence-corrected chi connectivity index (χ2v) is 3.98. The zero-order chi connectivity index (χ0) is 10.6. The minimum Gasteiger partial charge on any atom is -0.396 e. The van der Waals surface area contributed by atoms with Crippen molar-refractivity contribution in [2.24, 2.45) is 5.41 Å². The van der Waals surface area contributed by atoms with Crippen molar-refractivity contribution in [1.82, 2.24) is 15.5 Å². The van der Waals surface area contributed by atoms with Crippen LogP contribution in [0.15, 0.2) is 12.3 Å². The first-order chi connectivity index (χ1) is 6.55. The van der Waals surface area contributed by atoms with Crippen molar-refractivity contribution in [2.45, 2.75) is 13.8 Å². The Morgan fingerprint density at radius 1 is 1.71 bits per heavy atom. The standard InChI is InChI=1S/C9H15N3O2/c1-9(2,6-13)5-10-8(14)7-3-4-11-12-7/h3-4,13H,5-6H2,1-2H3,(H,10,14)(H,11,12). The summed E-state index contributed by atoms with van der Waals surface area (Å²) in [5.74, 6) is -0.205. The van der Waals surface area contributed by atoms with Crippen LogP contribution in [0.3, 0.4) is 0 Å². The van der Waals surface area contributed by atoms with E-state index in [1.807, 2.05) is 13.8 Å². The van der Waals surface area contributed by atoms with Crippen LogP contribution in [0.4, 0.5) is 0 Å². The van der Waals surface area contributed by atoms with E-state index in [9.17, 15) is 4.79 Å². The van der Waals surface area contributed by atoms with E-state index in [0.717, 1.165) is 0 Å². The fourth-order valence-electron chi connectivity index (χ4n) is 0.853. The number of amides is 1. The number of hydrogen-bond donors (Lipinski definition) is 3. The van der Waals surface area contributed by atoms with Gasteiger partial charge in [-0.25, -0.2) is 0 Å². The summed E-state index contributed by atoms with van der Waals surface area (Å²) < 4.78 is 0. The molecule has 1 amide bonds. The molecule has 14 heavy (non-hydrogen) atoms. The van der Waals surface area contributed by atoms with Gasteiger partial charge in [0.1, 0.15) is 5.69 Å². The first-order valence-corrected chi connectivity index (χ1v) is 4.43. The van der Waals surface area contributed by atoms with E-state index in [2.05, 4.69) is 15.5 Å². The number of aromatic nitrogens is 2. The summed E-state index contributed by atoms with van der Waals surface area (Å²) >= 11 is 0. The normalized spacial score (nSPS) is 11.4. The highest BCUT2D eigenvalue weighted by molar-refractivity contribution is 5.92. The summed E-state index contributed by atoms with van der Waals surface area (Å²) in [6.45, 7) is 4.22. The molecule has 0 radical (unpaired) electrons. The molecule has 0 atom stereocenters. The topological polar surface area (TPSA) is 78.0 Å². The number of H-pyrrole nitrogens is 1. The van der Waals surface area contributed by atoms with Crippen LogP contribution in [0.1, 0.15) is 24.3 Å². The van der Waals surface area contributed by atoms with E-state index >= 15 is 0 Å². The second-order valence-electron chi connectivity index (χ2n) is 3.98. The number of rotatable bonds is 4. The largest absolute Gasteiger partial charge is 0.396 e. The summed E-state index contributed by atoms with van der Waals surface area (Å²) in [5.41, 5.74) is 0.133. The Hall–Kier alpha value is -1.36. The van der Waals surface area contributed by atoms with Gasteiger partial charge in [-0.15, -0.1) is 0 Å². The van der Waals surface area contributed by atoms with Gasteiger partial charge in [-0.1, -0.05) is 13.8 Å². The number of aromatic amines is 1. The quantitative estimate of drug-likeness (QED) is 0.643. The third kappa shape index (κ3) is 2.85. The zero-order valence-electron chi connectivity index (χ0n) is 8.37. The lowest BCUT2D eigenvalue weighted by Gasteiger charge is -2.21. The van der Waals surface area contributed by atoms with Gasteiger partial charge < -0.3 is 10.4 Å². The monoisotopic (exact) mass is 197 g/mol. The Kier molecular flexibility index (Phi) is 3.24. The molecule has 0 aliphatic heterocycles. The minimum atomic E-state index is -0.296. The molecule has 1 heterocycles. The maximum Gasteiger partial charge on any atom is 0.269 e. The first-order valence-electron chi connectivity index (χ1n) is 4.43. The molecular weight excluding hydrogens is 182 g/mol. The number of nitrogens with one attached hydrogen (secondary N) is 2. The summed E-state index contributed by atoms with van der Waals surface area (Å²) in [7, 11) is 0. The molecule has 78 valence electrons. The highest BCUT2D eigenvalue weighted by atomic mass is 16.3. The Morgan fingerprint density at radius 3 is 2.93 bits per heavy atom. The molecule has 0 fully saturated rings. The van der Waals surface area contributed by atoms with Crippen LogP contribution in [-0.2, 0) is 0 Å². The molecule has 0 unspecified atom stereocenters. The van der Waals surface area contributed by atoms with Gasteiger partial charge in [0.25, 0.3) is 5.91 Å². The van der Waals surface area contributed by atoms with Crippen molar-refractivity contribution in [3.8, 4) is 0 Å². The van der Waals surface area contributed by atoms with E-state index in [-0.39, 0.29) is 17.9 Å². The third-order valence-electron chi connectivity index (χ3n) is 1.90. The molecule has 0 bridgehead atoms. The van der Waals surface area contributed by atoms with Crippen LogP contribution in [0.25, 0.3) is 0 Å². The van der Waals surface area contributed by atoms with Crippen molar-refractivity contribution in [3.05, 3.63) is 18.0 Å². The van der Waals surface area contributed by atoms with Gasteiger partial charge in [0, 0.05) is 24.8 Å². The fourth-order valence-corrected chi connectivity index (χ4v) is 0.853. The van der Waals surface area contributed by atoms with Crippen LogP contribution in [0.2, 0.25) is 0 Å². The molecule has 1 aromatic rings. The molecule has 5 nitrogen and oxygen atoms in total. The zero-order valence-corrected chi connectivity index (χ0v) is 8.37. The lowest BCUT2D eigenvalue weighted by molar-refractivity contribution is 0.0906. The predicted molar refractivity (Wildman–Crippen MR) is 51.8 cm³/mol. The molecule has 3 N–H and O–H groups in total. The van der Waals surface area contributed by atoms with Crippen molar-refractivity contribution in [3.63, 3.8) is 0 Å².